The van der Waals surface area contributed by atoms with Crippen LogP contribution in [0.4, 0.5) is 0 Å². The molecule has 0 heterocycles. The van der Waals surface area contributed by atoms with Gasteiger partial charge in [-0.05, 0) is 57.7 Å². The fourth-order valence-electron chi connectivity index (χ4n) is 1.64. The Morgan fingerprint density at radius 3 is 2.65 bits per heavy atom. The van der Waals surface area contributed by atoms with Crippen LogP contribution < -0.4 is 10.5 Å². The average Bonchev–Trinajstić information content (AvgIpc) is 2.25. The smallest absolute Gasteiger partial charge is 0.122 e. The summed E-state index contributed by atoms with van der Waals surface area (Å²) in [6, 6.07) is 6.00. The van der Waals surface area contributed by atoms with E-state index in [0.717, 1.165) is 22.8 Å². The molecule has 1 rings (SSSR count). The highest BCUT2D eigenvalue weighted by molar-refractivity contribution is 6.30. The van der Waals surface area contributed by atoms with E-state index in [-0.39, 0.29) is 0 Å². The largest absolute Gasteiger partial charge is 0.492 e. The van der Waals surface area contributed by atoms with Crippen molar-refractivity contribution in [1.82, 2.24) is 4.90 Å². The Hall–Kier alpha value is -0.770. The van der Waals surface area contributed by atoms with E-state index in [2.05, 4.69) is 4.90 Å². The molecule has 4 heteroatoms. The maximum absolute atomic E-state index is 5.90. The van der Waals surface area contributed by atoms with Crippen molar-refractivity contribution < 1.29 is 4.74 Å². The number of hydrogen-bond acceptors (Lipinski definition) is 3. The minimum Gasteiger partial charge on any atom is -0.492 e. The van der Waals surface area contributed by atoms with Crippen molar-refractivity contribution in [3.8, 4) is 5.75 Å². The van der Waals surface area contributed by atoms with Crippen molar-refractivity contribution in [2.24, 2.45) is 5.73 Å². The van der Waals surface area contributed by atoms with Gasteiger partial charge >= 0.3 is 0 Å². The first-order valence-electron chi connectivity index (χ1n) is 5.80. The zero-order valence-electron chi connectivity index (χ0n) is 10.7. The summed E-state index contributed by atoms with van der Waals surface area (Å²) in [6.07, 6.45) is 0.930. The number of hydrogen-bond donors (Lipinski definition) is 1. The van der Waals surface area contributed by atoms with E-state index < -0.39 is 0 Å². The van der Waals surface area contributed by atoms with E-state index in [1.54, 1.807) is 0 Å². The minimum absolute atomic E-state index is 0.343. The lowest BCUT2D eigenvalue weighted by Crippen LogP contribution is -2.35. The third-order valence-electron chi connectivity index (χ3n) is 2.80. The van der Waals surface area contributed by atoms with Crippen molar-refractivity contribution in [2.75, 3.05) is 27.2 Å². The molecule has 0 bridgehead atoms. The summed E-state index contributed by atoms with van der Waals surface area (Å²) in [5.74, 6) is 0.887. The molecule has 0 saturated heterocycles. The average molecular weight is 257 g/mol. The van der Waals surface area contributed by atoms with Crippen LogP contribution in [0.2, 0.25) is 5.02 Å². The van der Waals surface area contributed by atoms with Crippen LogP contribution in [-0.2, 0) is 0 Å². The van der Waals surface area contributed by atoms with Gasteiger partial charge in [0.2, 0.25) is 0 Å². The second-order valence-electron chi connectivity index (χ2n) is 4.42. The van der Waals surface area contributed by atoms with E-state index in [1.165, 1.54) is 0 Å². The van der Waals surface area contributed by atoms with Crippen LogP contribution in [0.25, 0.3) is 0 Å². The summed E-state index contributed by atoms with van der Waals surface area (Å²) in [5, 5.41) is 0.737. The molecule has 0 aliphatic carbocycles. The number of nitrogens with zero attached hydrogens (tertiary/aromatic N) is 1. The normalized spacial score (nSPS) is 12.8. The Labute approximate surface area is 109 Å². The molecule has 0 amide bonds. The highest BCUT2D eigenvalue weighted by Gasteiger charge is 2.11. The number of rotatable bonds is 6. The molecule has 0 fully saturated rings. The van der Waals surface area contributed by atoms with Gasteiger partial charge in [-0.15, -0.1) is 0 Å². The number of nitrogens with two attached hydrogens (primary N) is 1. The van der Waals surface area contributed by atoms with Crippen LogP contribution in [0.3, 0.4) is 0 Å². The molecule has 0 spiro atoms. The number of halogens is 1. The van der Waals surface area contributed by atoms with Gasteiger partial charge in [0.25, 0.3) is 0 Å². The van der Waals surface area contributed by atoms with Gasteiger partial charge in [0.1, 0.15) is 12.4 Å². The monoisotopic (exact) mass is 256 g/mol. The number of ether oxygens (including phenoxy) is 1. The summed E-state index contributed by atoms with van der Waals surface area (Å²) < 4.78 is 5.81. The molecular weight excluding hydrogens is 236 g/mol. The zero-order valence-corrected chi connectivity index (χ0v) is 11.5. The summed E-state index contributed by atoms with van der Waals surface area (Å²) in [4.78, 5) is 2.14. The molecule has 96 valence electrons. The minimum atomic E-state index is 0.343. The summed E-state index contributed by atoms with van der Waals surface area (Å²) in [7, 11) is 4.08. The van der Waals surface area contributed by atoms with Gasteiger partial charge < -0.3 is 15.4 Å². The Balaban J connectivity index is 2.59. The quantitative estimate of drug-likeness (QED) is 0.849. The van der Waals surface area contributed by atoms with Gasteiger partial charge in [-0.3, -0.25) is 0 Å². The van der Waals surface area contributed by atoms with Gasteiger partial charge in [-0.1, -0.05) is 11.6 Å². The highest BCUT2D eigenvalue weighted by Crippen LogP contribution is 2.22. The molecule has 1 aromatic rings. The maximum atomic E-state index is 5.90. The van der Waals surface area contributed by atoms with E-state index in [0.29, 0.717) is 19.2 Å². The zero-order chi connectivity index (χ0) is 12.8. The van der Waals surface area contributed by atoms with E-state index >= 15 is 0 Å². The Morgan fingerprint density at radius 2 is 2.12 bits per heavy atom. The van der Waals surface area contributed by atoms with Gasteiger partial charge in [-0.2, -0.15) is 0 Å². The lowest BCUT2D eigenvalue weighted by atomic mass is 10.2. The molecular formula is C13H21ClN2O. The van der Waals surface area contributed by atoms with Crippen LogP contribution in [0, 0.1) is 6.92 Å². The van der Waals surface area contributed by atoms with Crippen LogP contribution in [-0.4, -0.2) is 38.2 Å². The number of likely N-dealkylation sites (N-methyl/N-ethyl adjacent to an activating group) is 1. The molecule has 17 heavy (non-hydrogen) atoms. The third kappa shape index (κ3) is 4.54. The van der Waals surface area contributed by atoms with Crippen molar-refractivity contribution in [3.05, 3.63) is 28.8 Å². The van der Waals surface area contributed by atoms with Crippen LogP contribution in [0.1, 0.15) is 12.0 Å². The number of aryl methyl sites for hydroxylation is 1. The Kier molecular flexibility index (Phi) is 5.75. The topological polar surface area (TPSA) is 38.5 Å². The highest BCUT2D eigenvalue weighted by atomic mass is 35.5. The molecule has 0 radical (unpaired) electrons. The van der Waals surface area contributed by atoms with Crippen LogP contribution in [0.5, 0.6) is 5.75 Å². The molecule has 0 aliphatic heterocycles. The molecule has 1 unspecified atom stereocenters. The van der Waals surface area contributed by atoms with Gasteiger partial charge in [0.05, 0.1) is 0 Å². The molecule has 1 atom stereocenters. The van der Waals surface area contributed by atoms with E-state index in [1.807, 2.05) is 39.2 Å². The first-order chi connectivity index (χ1) is 8.04. The fraction of sp³-hybridized carbons (Fsp3) is 0.538. The Bertz CT molecular complexity index is 355. The standard InChI is InChI=1S/C13H21ClN2O/c1-10-8-11(14)4-5-13(10)17-9-12(6-7-15)16(2)3/h4-5,8,12H,6-7,9,15H2,1-3H3. The summed E-state index contributed by atoms with van der Waals surface area (Å²) in [6.45, 7) is 3.31. The fourth-order valence-corrected chi connectivity index (χ4v) is 1.87. The molecule has 1 aromatic carbocycles. The molecule has 2 N–H and O–H groups in total. The lowest BCUT2D eigenvalue weighted by Gasteiger charge is -2.24. The van der Waals surface area contributed by atoms with E-state index in [4.69, 9.17) is 22.1 Å². The molecule has 0 saturated carbocycles. The SMILES string of the molecule is Cc1cc(Cl)ccc1OCC(CCN)N(C)C. The molecule has 3 nitrogen and oxygen atoms in total. The van der Waals surface area contributed by atoms with Crippen LogP contribution in [0.15, 0.2) is 18.2 Å². The first kappa shape index (κ1) is 14.3. The van der Waals surface area contributed by atoms with Gasteiger partial charge in [0.15, 0.2) is 0 Å². The second kappa shape index (κ2) is 6.84. The molecule has 0 aliphatic rings. The Morgan fingerprint density at radius 1 is 1.41 bits per heavy atom. The second-order valence-corrected chi connectivity index (χ2v) is 4.85. The van der Waals surface area contributed by atoms with Gasteiger partial charge in [0, 0.05) is 11.1 Å². The summed E-state index contributed by atoms with van der Waals surface area (Å²) >= 11 is 5.90. The lowest BCUT2D eigenvalue weighted by molar-refractivity contribution is 0.178. The first-order valence-corrected chi connectivity index (χ1v) is 6.18. The van der Waals surface area contributed by atoms with Crippen molar-refractivity contribution in [2.45, 2.75) is 19.4 Å². The summed E-state index contributed by atoms with van der Waals surface area (Å²) in [5.41, 5.74) is 6.64. The van der Waals surface area contributed by atoms with Gasteiger partial charge in [-0.25, -0.2) is 0 Å². The van der Waals surface area contributed by atoms with Crippen LogP contribution >= 0.6 is 11.6 Å². The van der Waals surface area contributed by atoms with E-state index in [9.17, 15) is 0 Å². The van der Waals surface area contributed by atoms with Crippen molar-refractivity contribution >= 4 is 11.6 Å². The van der Waals surface area contributed by atoms with Crippen molar-refractivity contribution in [3.63, 3.8) is 0 Å². The predicted octanol–water partition coefficient (Wildman–Crippen LogP) is 2.31. The third-order valence-corrected chi connectivity index (χ3v) is 3.03. The maximum Gasteiger partial charge on any atom is 0.122 e. The predicted molar refractivity (Wildman–Crippen MR) is 72.8 cm³/mol. The van der Waals surface area contributed by atoms with Crippen molar-refractivity contribution in [1.29, 1.82) is 0 Å². The number of benzene rings is 1. The molecule has 0 aromatic heterocycles.